The zero-order valence-electron chi connectivity index (χ0n) is 18.7. The first kappa shape index (κ1) is 26.6. The van der Waals surface area contributed by atoms with Crippen LogP contribution in [0.2, 0.25) is 62.5 Å². The van der Waals surface area contributed by atoms with Gasteiger partial charge in [-0.2, -0.15) is 0 Å². The summed E-state index contributed by atoms with van der Waals surface area (Å²) in [5, 5.41) is 0. The van der Waals surface area contributed by atoms with Crippen LogP contribution in [0.3, 0.4) is 0 Å². The fraction of sp³-hybridized carbons (Fsp3) is 1.00. The third kappa shape index (κ3) is 8.76. The van der Waals surface area contributed by atoms with Crippen LogP contribution in [0.25, 0.3) is 0 Å². The molecule has 0 aromatic rings. The van der Waals surface area contributed by atoms with Crippen molar-refractivity contribution in [3.05, 3.63) is 0 Å². The highest BCUT2D eigenvalue weighted by molar-refractivity contribution is 6.83. The Morgan fingerprint density at radius 3 is 0.769 bits per heavy atom. The van der Waals surface area contributed by atoms with Crippen LogP contribution < -0.4 is 0 Å². The van der Waals surface area contributed by atoms with Gasteiger partial charge in [0.25, 0.3) is 0 Å². The molecule has 0 aliphatic heterocycles. The number of hydrogen-bond donors (Lipinski definition) is 0. The van der Waals surface area contributed by atoms with Gasteiger partial charge in [0.1, 0.15) is 0 Å². The van der Waals surface area contributed by atoms with E-state index in [4.69, 9.17) is 26.6 Å². The quantitative estimate of drug-likeness (QED) is 0.355. The minimum absolute atomic E-state index is 0.907. The highest BCUT2D eigenvalue weighted by Crippen LogP contribution is 2.31. The van der Waals surface area contributed by atoms with Crippen molar-refractivity contribution in [1.29, 1.82) is 0 Å². The Hall–Kier alpha value is 0.628. The van der Waals surface area contributed by atoms with Crippen LogP contribution in [0, 0.1) is 0 Å². The second-order valence-electron chi connectivity index (χ2n) is 8.42. The van der Waals surface area contributed by atoms with E-state index in [1.54, 1.807) is 42.7 Å². The van der Waals surface area contributed by atoms with Crippen LogP contribution in [-0.4, -0.2) is 76.4 Å². The lowest BCUT2D eigenvalue weighted by atomic mass is 10.9. The summed E-state index contributed by atoms with van der Waals surface area (Å²) in [5.74, 6) is 0. The van der Waals surface area contributed by atoms with Crippen LogP contribution in [-0.2, 0) is 26.6 Å². The van der Waals surface area contributed by atoms with E-state index in [9.17, 15) is 0 Å². The van der Waals surface area contributed by atoms with Gasteiger partial charge in [-0.3, -0.25) is 0 Å². The average molecular weight is 443 g/mol. The predicted octanol–water partition coefficient (Wildman–Crippen LogP) is 4.16. The first-order valence-electron chi connectivity index (χ1n) is 9.30. The molecule has 0 aliphatic rings. The summed E-state index contributed by atoms with van der Waals surface area (Å²) in [4.78, 5) is 0. The van der Waals surface area contributed by atoms with Gasteiger partial charge in [-0.25, -0.2) is 0 Å². The third-order valence-electron chi connectivity index (χ3n) is 5.56. The van der Waals surface area contributed by atoms with Crippen molar-refractivity contribution in [3.63, 3.8) is 0 Å². The van der Waals surface area contributed by atoms with E-state index in [0.29, 0.717) is 0 Å². The van der Waals surface area contributed by atoms with E-state index in [2.05, 4.69) is 26.2 Å². The van der Waals surface area contributed by atoms with Crippen LogP contribution >= 0.6 is 0 Å². The molecule has 6 nitrogen and oxygen atoms in total. The van der Waals surface area contributed by atoms with E-state index in [0.717, 1.165) is 12.1 Å². The molecule has 10 heteroatoms. The van der Waals surface area contributed by atoms with Crippen LogP contribution in [0.4, 0.5) is 0 Å². The van der Waals surface area contributed by atoms with E-state index >= 15 is 0 Å². The third-order valence-corrected chi connectivity index (χ3v) is 18.9. The molecule has 0 aliphatic carbocycles. The molecule has 0 bridgehead atoms. The van der Waals surface area contributed by atoms with Crippen LogP contribution in [0.15, 0.2) is 0 Å². The van der Waals surface area contributed by atoms with Gasteiger partial charge < -0.3 is 26.6 Å². The molecule has 0 heterocycles. The van der Waals surface area contributed by atoms with Gasteiger partial charge in [0.05, 0.1) is 0 Å². The molecule has 0 N–H and O–H groups in total. The molecule has 0 aromatic carbocycles. The van der Waals surface area contributed by atoms with E-state index in [-0.39, 0.29) is 0 Å². The maximum atomic E-state index is 5.58. The Kier molecular flexibility index (Phi) is 11.9. The normalized spacial score (nSPS) is 14.1. The largest absolute Gasteiger partial charge is 0.499 e. The number of rotatable bonds is 15. The summed E-state index contributed by atoms with van der Waals surface area (Å²) < 4.78 is 33.5. The molecular formula is C16H42O6Si4. The van der Waals surface area contributed by atoms with Crippen molar-refractivity contribution in [2.45, 2.75) is 62.5 Å². The molecule has 0 amide bonds. The summed E-state index contributed by atoms with van der Waals surface area (Å²) in [5.41, 5.74) is 0. The lowest BCUT2D eigenvalue weighted by Crippen LogP contribution is -2.45. The molecule has 0 saturated heterocycles. The standard InChI is InChI=1S/C16H42O6Si4/c1-17-25(18-2,19-3)15-13-23(7,8)11-12-24(9,10)14-16-26(20-4,21-5)22-6/h11-16H2,1-10H3. The molecule has 0 saturated carbocycles. The molecule has 0 aromatic heterocycles. The molecule has 0 fully saturated rings. The highest BCUT2D eigenvalue weighted by Gasteiger charge is 2.42. The van der Waals surface area contributed by atoms with Gasteiger partial charge in [-0.05, 0) is 0 Å². The fourth-order valence-corrected chi connectivity index (χ4v) is 19.0. The molecule has 0 atom stereocenters. The topological polar surface area (TPSA) is 55.4 Å². The Labute approximate surface area is 165 Å². The fourth-order valence-electron chi connectivity index (χ4n) is 3.02. The smallest absolute Gasteiger partial charge is 0.377 e. The van der Waals surface area contributed by atoms with E-state index < -0.39 is 33.8 Å². The zero-order valence-corrected chi connectivity index (χ0v) is 22.7. The Bertz CT molecular complexity index is 334. The first-order chi connectivity index (χ1) is 12.0. The summed E-state index contributed by atoms with van der Waals surface area (Å²) in [7, 11) is 2.62. The minimum Gasteiger partial charge on any atom is -0.377 e. The molecule has 158 valence electrons. The maximum absolute atomic E-state index is 5.58. The molecule has 0 unspecified atom stereocenters. The van der Waals surface area contributed by atoms with Gasteiger partial charge in [-0.1, -0.05) is 50.4 Å². The Morgan fingerprint density at radius 2 is 0.577 bits per heavy atom. The highest BCUT2D eigenvalue weighted by atomic mass is 28.4. The second kappa shape index (κ2) is 11.6. The van der Waals surface area contributed by atoms with E-state index in [1.165, 1.54) is 24.2 Å². The SMILES string of the molecule is CO[Si](CC[Si](C)(C)CC[Si](C)(C)CC[Si](OC)(OC)OC)(OC)OC. The van der Waals surface area contributed by atoms with Gasteiger partial charge in [0.15, 0.2) is 0 Å². The Balaban J connectivity index is 4.63. The van der Waals surface area contributed by atoms with Crippen molar-refractivity contribution < 1.29 is 26.6 Å². The summed E-state index contributed by atoms with van der Waals surface area (Å²) in [6.07, 6.45) is 0. The van der Waals surface area contributed by atoms with Gasteiger partial charge in [0, 0.05) is 70.9 Å². The van der Waals surface area contributed by atoms with Crippen LogP contribution in [0.1, 0.15) is 0 Å². The monoisotopic (exact) mass is 442 g/mol. The second-order valence-corrected chi connectivity index (χ2v) is 25.3. The maximum Gasteiger partial charge on any atom is 0.499 e. The lowest BCUT2D eigenvalue weighted by molar-refractivity contribution is 0.124. The minimum atomic E-state index is -2.45. The summed E-state index contributed by atoms with van der Waals surface area (Å²) in [6, 6.07) is 6.82. The van der Waals surface area contributed by atoms with Gasteiger partial charge >= 0.3 is 17.6 Å². The van der Waals surface area contributed by atoms with Gasteiger partial charge in [-0.15, -0.1) is 0 Å². The molecule has 0 spiro atoms. The van der Waals surface area contributed by atoms with E-state index in [1.807, 2.05) is 0 Å². The zero-order chi connectivity index (χ0) is 20.5. The number of hydrogen-bond acceptors (Lipinski definition) is 6. The van der Waals surface area contributed by atoms with Crippen LogP contribution in [0.5, 0.6) is 0 Å². The predicted molar refractivity (Wildman–Crippen MR) is 117 cm³/mol. The Morgan fingerprint density at radius 1 is 0.385 bits per heavy atom. The summed E-state index contributed by atoms with van der Waals surface area (Å²) >= 11 is 0. The van der Waals surface area contributed by atoms with Crippen molar-refractivity contribution in [3.8, 4) is 0 Å². The first-order valence-corrected chi connectivity index (χ1v) is 20.0. The van der Waals surface area contributed by atoms with Crippen molar-refractivity contribution >= 4 is 33.8 Å². The molecule has 0 radical (unpaired) electrons. The molecule has 26 heavy (non-hydrogen) atoms. The molecular weight excluding hydrogens is 401 g/mol. The van der Waals surface area contributed by atoms with Gasteiger partial charge in [0.2, 0.25) is 0 Å². The average Bonchev–Trinajstić information content (AvgIpc) is 2.64. The van der Waals surface area contributed by atoms with Crippen molar-refractivity contribution in [1.82, 2.24) is 0 Å². The summed E-state index contributed by atoms with van der Waals surface area (Å²) in [6.45, 7) is 9.87. The molecule has 0 rings (SSSR count). The van der Waals surface area contributed by atoms with Crippen molar-refractivity contribution in [2.24, 2.45) is 0 Å². The van der Waals surface area contributed by atoms with Crippen molar-refractivity contribution in [2.75, 3.05) is 42.7 Å². The lowest BCUT2D eigenvalue weighted by Gasteiger charge is -2.33.